The first kappa shape index (κ1) is 16.8. The Kier molecular flexibility index (Phi) is 4.47. The minimum atomic E-state index is 0.0913. The van der Waals surface area contributed by atoms with Gasteiger partial charge in [-0.3, -0.25) is 15.6 Å². The lowest BCUT2D eigenvalue weighted by atomic mass is 10.1. The van der Waals surface area contributed by atoms with Gasteiger partial charge in [0.1, 0.15) is 11.0 Å². The third-order valence-corrected chi connectivity index (χ3v) is 5.23. The first-order valence-corrected chi connectivity index (χ1v) is 9.15. The van der Waals surface area contributed by atoms with Crippen LogP contribution in [0.3, 0.4) is 0 Å². The second-order valence-electron chi connectivity index (χ2n) is 6.62. The highest BCUT2D eigenvalue weighted by molar-refractivity contribution is 6.44. The van der Waals surface area contributed by atoms with E-state index in [9.17, 15) is 4.79 Å². The molecule has 5 nitrogen and oxygen atoms in total. The van der Waals surface area contributed by atoms with Crippen LogP contribution in [-0.2, 0) is 0 Å². The number of hydrogen-bond donors (Lipinski definition) is 2. The van der Waals surface area contributed by atoms with Crippen LogP contribution < -0.4 is 21.3 Å². The molecule has 1 amide bonds. The summed E-state index contributed by atoms with van der Waals surface area (Å²) in [7, 11) is 0. The first-order valence-electron chi connectivity index (χ1n) is 8.77. The van der Waals surface area contributed by atoms with Crippen molar-refractivity contribution in [2.24, 2.45) is 0 Å². The molecular formula is C20H21ClN4O. The molecule has 2 heterocycles. The van der Waals surface area contributed by atoms with Gasteiger partial charge in [0.15, 0.2) is 0 Å². The number of fused-ring (bicyclic) bond motifs is 1. The van der Waals surface area contributed by atoms with E-state index < -0.39 is 0 Å². The standard InChI is InChI=1S/C20H21ClN4O/c1-14-13-24(20(26)15-7-3-2-4-8-15)11-12-25(14)19-17-10-6-5-9-16(17)18(21)22-23-19/h2-10,14,22-23H,11-13H2,1H3/t14-/m1/s1. The van der Waals surface area contributed by atoms with Crippen LogP contribution in [0.4, 0.5) is 0 Å². The molecule has 1 atom stereocenters. The average Bonchev–Trinajstić information content (AvgIpc) is 2.69. The van der Waals surface area contributed by atoms with Crippen molar-refractivity contribution in [2.75, 3.05) is 19.6 Å². The number of nitrogens with one attached hydrogen (secondary N) is 2. The van der Waals surface area contributed by atoms with E-state index in [0.717, 1.165) is 28.4 Å². The Morgan fingerprint density at radius 1 is 1.00 bits per heavy atom. The van der Waals surface area contributed by atoms with Crippen LogP contribution in [0.25, 0.3) is 11.0 Å². The quantitative estimate of drug-likeness (QED) is 0.777. The van der Waals surface area contributed by atoms with Gasteiger partial charge in [-0.1, -0.05) is 54.1 Å². The minimum absolute atomic E-state index is 0.0913. The summed E-state index contributed by atoms with van der Waals surface area (Å²) in [6, 6.07) is 17.7. The molecule has 0 saturated carbocycles. The van der Waals surface area contributed by atoms with E-state index in [-0.39, 0.29) is 11.9 Å². The Labute approximate surface area is 157 Å². The number of halogens is 1. The van der Waals surface area contributed by atoms with Gasteiger partial charge in [0.25, 0.3) is 5.91 Å². The number of rotatable bonds is 2. The second-order valence-corrected chi connectivity index (χ2v) is 7.00. The van der Waals surface area contributed by atoms with Crippen molar-refractivity contribution in [1.82, 2.24) is 20.7 Å². The fourth-order valence-corrected chi connectivity index (χ4v) is 3.81. The van der Waals surface area contributed by atoms with Crippen molar-refractivity contribution in [3.8, 4) is 0 Å². The van der Waals surface area contributed by atoms with Crippen molar-refractivity contribution in [1.29, 1.82) is 0 Å². The van der Waals surface area contributed by atoms with Crippen molar-refractivity contribution >= 4 is 28.5 Å². The van der Waals surface area contributed by atoms with Gasteiger partial charge in [0, 0.05) is 41.7 Å². The molecule has 0 aliphatic carbocycles. The number of hydrogen-bond acceptors (Lipinski definition) is 4. The number of carbonyl (C=O) groups is 1. The van der Waals surface area contributed by atoms with Crippen LogP contribution in [0.1, 0.15) is 17.3 Å². The fraction of sp³-hybridized carbons (Fsp3) is 0.250. The Morgan fingerprint density at radius 3 is 2.42 bits per heavy atom. The van der Waals surface area contributed by atoms with Crippen LogP contribution in [0, 0.1) is 0 Å². The highest BCUT2D eigenvalue weighted by atomic mass is 35.5. The molecule has 26 heavy (non-hydrogen) atoms. The van der Waals surface area contributed by atoms with E-state index in [0.29, 0.717) is 18.2 Å². The smallest absolute Gasteiger partial charge is 0.253 e. The summed E-state index contributed by atoms with van der Waals surface area (Å²) in [5.41, 5.74) is 7.00. The van der Waals surface area contributed by atoms with Gasteiger partial charge in [-0.2, -0.15) is 0 Å². The highest BCUT2D eigenvalue weighted by Gasteiger charge is 2.29. The van der Waals surface area contributed by atoms with Gasteiger partial charge in [-0.05, 0) is 19.1 Å². The molecule has 1 fully saturated rings. The van der Waals surface area contributed by atoms with E-state index in [1.54, 1.807) is 0 Å². The molecule has 2 aromatic rings. The lowest BCUT2D eigenvalue weighted by molar-refractivity contribution is 0.0608. The van der Waals surface area contributed by atoms with Crippen molar-refractivity contribution < 1.29 is 4.79 Å². The van der Waals surface area contributed by atoms with Gasteiger partial charge in [-0.25, -0.2) is 0 Å². The number of carbonyl (C=O) groups excluding carboxylic acids is 1. The van der Waals surface area contributed by atoms with Crippen LogP contribution >= 0.6 is 11.6 Å². The van der Waals surface area contributed by atoms with Crippen LogP contribution in [-0.4, -0.2) is 41.4 Å². The summed E-state index contributed by atoms with van der Waals surface area (Å²) in [5, 5.41) is 2.65. The minimum Gasteiger partial charge on any atom is -0.350 e. The summed E-state index contributed by atoms with van der Waals surface area (Å²) >= 11 is 6.28. The first-order chi connectivity index (χ1) is 12.6. The summed E-state index contributed by atoms with van der Waals surface area (Å²) in [5.74, 6) is 1.10. The number of piperazine rings is 1. The lowest BCUT2D eigenvalue weighted by Crippen LogP contribution is -2.59. The van der Waals surface area contributed by atoms with E-state index in [1.807, 2.05) is 53.4 Å². The third kappa shape index (κ3) is 2.99. The summed E-state index contributed by atoms with van der Waals surface area (Å²) in [6.45, 7) is 4.26. The fourth-order valence-electron chi connectivity index (χ4n) is 3.59. The summed E-state index contributed by atoms with van der Waals surface area (Å²) < 4.78 is 0. The zero-order valence-corrected chi connectivity index (χ0v) is 15.3. The molecule has 2 N–H and O–H groups in total. The molecule has 0 spiro atoms. The number of amides is 1. The Balaban J connectivity index is 1.60. The zero-order valence-electron chi connectivity index (χ0n) is 14.6. The third-order valence-electron chi connectivity index (χ3n) is 4.93. The van der Waals surface area contributed by atoms with Crippen LogP contribution in [0.15, 0.2) is 54.6 Å². The maximum absolute atomic E-state index is 12.7. The van der Waals surface area contributed by atoms with Crippen molar-refractivity contribution in [3.05, 3.63) is 70.6 Å². The SMILES string of the molecule is C[C@@H]1CN(C(=O)c2ccccc2)CCN1C1=c2ccccc2=C(Cl)NN1. The molecule has 1 saturated heterocycles. The molecule has 0 unspecified atom stereocenters. The maximum atomic E-state index is 12.7. The largest absolute Gasteiger partial charge is 0.350 e. The molecule has 2 aliphatic heterocycles. The van der Waals surface area contributed by atoms with E-state index in [2.05, 4.69) is 28.7 Å². The molecule has 4 rings (SSSR count). The Morgan fingerprint density at radius 2 is 1.69 bits per heavy atom. The van der Waals surface area contributed by atoms with Gasteiger partial charge in [0.05, 0.1) is 0 Å². The van der Waals surface area contributed by atoms with Gasteiger partial charge < -0.3 is 9.80 Å². The number of benzene rings is 2. The molecule has 6 heteroatoms. The Bertz CT molecular complexity index is 944. The van der Waals surface area contributed by atoms with E-state index >= 15 is 0 Å². The van der Waals surface area contributed by atoms with E-state index in [1.165, 1.54) is 0 Å². The van der Waals surface area contributed by atoms with Crippen LogP contribution in [0.2, 0.25) is 0 Å². The topological polar surface area (TPSA) is 47.6 Å². The predicted octanol–water partition coefficient (Wildman–Crippen LogP) is 1.01. The molecular weight excluding hydrogens is 348 g/mol. The highest BCUT2D eigenvalue weighted by Crippen LogP contribution is 2.17. The molecule has 0 radical (unpaired) electrons. The van der Waals surface area contributed by atoms with E-state index in [4.69, 9.17) is 11.6 Å². The Hall–Kier alpha value is -2.66. The van der Waals surface area contributed by atoms with Crippen LogP contribution in [0.5, 0.6) is 0 Å². The molecule has 2 aromatic carbocycles. The molecule has 2 aliphatic rings. The number of hydrazine groups is 1. The summed E-state index contributed by atoms with van der Waals surface area (Å²) in [4.78, 5) is 16.9. The second kappa shape index (κ2) is 6.92. The summed E-state index contributed by atoms with van der Waals surface area (Å²) in [6.07, 6.45) is 0. The van der Waals surface area contributed by atoms with Gasteiger partial charge >= 0.3 is 0 Å². The maximum Gasteiger partial charge on any atom is 0.253 e. The van der Waals surface area contributed by atoms with Crippen molar-refractivity contribution in [3.63, 3.8) is 0 Å². The molecule has 0 aromatic heterocycles. The normalized spacial score (nSPS) is 19.5. The van der Waals surface area contributed by atoms with Crippen molar-refractivity contribution in [2.45, 2.75) is 13.0 Å². The average molecular weight is 369 g/mol. The van der Waals surface area contributed by atoms with Gasteiger partial charge in [-0.15, -0.1) is 0 Å². The predicted molar refractivity (Wildman–Crippen MR) is 103 cm³/mol. The van der Waals surface area contributed by atoms with Gasteiger partial charge in [0.2, 0.25) is 0 Å². The monoisotopic (exact) mass is 368 g/mol. The lowest BCUT2D eigenvalue weighted by Gasteiger charge is -2.43. The number of nitrogens with zero attached hydrogens (tertiary/aromatic N) is 2. The molecule has 134 valence electrons. The molecule has 0 bridgehead atoms. The zero-order chi connectivity index (χ0) is 18.1.